The van der Waals surface area contributed by atoms with Gasteiger partial charge in [-0.3, -0.25) is 0 Å². The van der Waals surface area contributed by atoms with Crippen molar-refractivity contribution in [2.45, 2.75) is 46.6 Å². The maximum Gasteiger partial charge on any atom is 0.0865 e. The molecule has 1 N–H and O–H groups in total. The smallest absolute Gasteiger partial charge is 0.0865 e. The highest BCUT2D eigenvalue weighted by molar-refractivity contribution is 5.40. The zero-order chi connectivity index (χ0) is 13.1. The van der Waals surface area contributed by atoms with Gasteiger partial charge in [0.15, 0.2) is 0 Å². The molecule has 0 bridgehead atoms. The van der Waals surface area contributed by atoms with Crippen LogP contribution in [0.15, 0.2) is 36.0 Å². The third-order valence-electron chi connectivity index (χ3n) is 5.38. The summed E-state index contributed by atoms with van der Waals surface area (Å²) in [4.78, 5) is 0. The minimum absolute atomic E-state index is 0.184. The Hall–Kier alpha value is -0.820. The number of fused-ring (bicyclic) bond motifs is 1. The number of rotatable bonds is 1. The van der Waals surface area contributed by atoms with Crippen LogP contribution >= 0.6 is 0 Å². The zero-order valence-electron chi connectivity index (χ0n) is 11.7. The van der Waals surface area contributed by atoms with E-state index in [2.05, 4.69) is 59.4 Å². The third kappa shape index (κ3) is 1.29. The van der Waals surface area contributed by atoms with E-state index in [1.807, 2.05) is 0 Å². The fourth-order valence-electron chi connectivity index (χ4n) is 3.82. The topological polar surface area (TPSA) is 20.2 Å². The van der Waals surface area contributed by atoms with E-state index >= 15 is 0 Å². The highest BCUT2D eigenvalue weighted by atomic mass is 16.3. The Morgan fingerprint density at radius 1 is 1.41 bits per heavy atom. The highest BCUT2D eigenvalue weighted by Crippen LogP contribution is 2.61. The van der Waals surface area contributed by atoms with Crippen LogP contribution in [0.25, 0.3) is 0 Å². The van der Waals surface area contributed by atoms with E-state index in [9.17, 15) is 5.11 Å². The third-order valence-corrected chi connectivity index (χ3v) is 5.38. The lowest BCUT2D eigenvalue weighted by Crippen LogP contribution is -2.58. The van der Waals surface area contributed by atoms with Crippen molar-refractivity contribution in [3.8, 4) is 0 Å². The number of aliphatic hydroxyl groups is 1. The minimum atomic E-state index is -0.692. The lowest BCUT2D eigenvalue weighted by molar-refractivity contribution is -0.133. The molecule has 2 aliphatic rings. The molecular weight excluding hydrogens is 208 g/mol. The highest BCUT2D eigenvalue weighted by Gasteiger charge is 2.61. The molecule has 0 saturated heterocycles. The van der Waals surface area contributed by atoms with Crippen LogP contribution in [-0.2, 0) is 0 Å². The van der Waals surface area contributed by atoms with Gasteiger partial charge in [0.2, 0.25) is 0 Å². The van der Waals surface area contributed by atoms with E-state index in [1.165, 1.54) is 5.57 Å². The number of allylic oxidation sites excluding steroid dienone is 2. The minimum Gasteiger partial charge on any atom is -0.388 e. The van der Waals surface area contributed by atoms with Crippen molar-refractivity contribution in [1.82, 2.24) is 0 Å². The summed E-state index contributed by atoms with van der Waals surface area (Å²) in [5.74, 6) is 0.250. The summed E-state index contributed by atoms with van der Waals surface area (Å²) in [5, 5.41) is 11.2. The quantitative estimate of drug-likeness (QED) is 0.681. The average molecular weight is 232 g/mol. The second kappa shape index (κ2) is 3.35. The first kappa shape index (κ1) is 12.6. The van der Waals surface area contributed by atoms with E-state index in [4.69, 9.17) is 0 Å². The molecule has 0 heterocycles. The molecule has 0 amide bonds. The Balaban J connectivity index is 2.59. The monoisotopic (exact) mass is 232 g/mol. The lowest BCUT2D eigenvalue weighted by atomic mass is 9.51. The second-order valence-electron chi connectivity index (χ2n) is 6.56. The Kier molecular flexibility index (Phi) is 2.49. The predicted octanol–water partition coefficient (Wildman–Crippen LogP) is 3.86. The SMILES string of the molecule is C=C(C)[C@@H]1C=C[C@@]2(C)C(C)=CC[C@@]2(O)C1(C)C. The van der Waals surface area contributed by atoms with Crippen LogP contribution in [0, 0.1) is 16.7 Å². The predicted molar refractivity (Wildman–Crippen MR) is 72.7 cm³/mol. The Morgan fingerprint density at radius 2 is 2.00 bits per heavy atom. The molecule has 0 aromatic carbocycles. The second-order valence-corrected chi connectivity index (χ2v) is 6.56. The maximum absolute atomic E-state index is 11.2. The van der Waals surface area contributed by atoms with Gasteiger partial charge in [0, 0.05) is 16.7 Å². The van der Waals surface area contributed by atoms with Gasteiger partial charge in [0.1, 0.15) is 0 Å². The van der Waals surface area contributed by atoms with Gasteiger partial charge in [0.05, 0.1) is 5.60 Å². The summed E-state index contributed by atoms with van der Waals surface area (Å²) < 4.78 is 0. The maximum atomic E-state index is 11.2. The molecule has 1 nitrogen and oxygen atoms in total. The van der Waals surface area contributed by atoms with Gasteiger partial charge in [-0.15, -0.1) is 0 Å². The molecule has 0 aliphatic heterocycles. The Morgan fingerprint density at radius 3 is 2.53 bits per heavy atom. The first-order valence-electron chi connectivity index (χ1n) is 6.41. The molecule has 0 aromatic heterocycles. The molecule has 2 rings (SSSR count). The Bertz CT molecular complexity index is 427. The van der Waals surface area contributed by atoms with Crippen LogP contribution in [0.3, 0.4) is 0 Å². The van der Waals surface area contributed by atoms with E-state index in [-0.39, 0.29) is 16.7 Å². The van der Waals surface area contributed by atoms with Gasteiger partial charge in [-0.25, -0.2) is 0 Å². The molecule has 0 aromatic rings. The van der Waals surface area contributed by atoms with Gasteiger partial charge in [-0.1, -0.05) is 49.8 Å². The van der Waals surface area contributed by atoms with E-state index < -0.39 is 5.60 Å². The molecule has 0 spiro atoms. The molecule has 17 heavy (non-hydrogen) atoms. The van der Waals surface area contributed by atoms with Crippen molar-refractivity contribution >= 4 is 0 Å². The summed E-state index contributed by atoms with van der Waals surface area (Å²) in [5.41, 5.74) is 1.32. The summed E-state index contributed by atoms with van der Waals surface area (Å²) in [6.07, 6.45) is 7.36. The molecular formula is C16H24O. The molecule has 94 valence electrons. The van der Waals surface area contributed by atoms with Crippen LogP contribution in [0.5, 0.6) is 0 Å². The van der Waals surface area contributed by atoms with Crippen molar-refractivity contribution in [3.05, 3.63) is 36.0 Å². The van der Waals surface area contributed by atoms with Crippen LogP contribution in [0.1, 0.15) is 41.0 Å². The fourth-order valence-corrected chi connectivity index (χ4v) is 3.82. The van der Waals surface area contributed by atoms with Gasteiger partial charge < -0.3 is 5.11 Å². The number of hydrogen-bond donors (Lipinski definition) is 1. The first-order chi connectivity index (χ1) is 7.67. The van der Waals surface area contributed by atoms with E-state index in [1.54, 1.807) is 0 Å². The summed E-state index contributed by atoms with van der Waals surface area (Å²) in [7, 11) is 0. The largest absolute Gasteiger partial charge is 0.388 e. The first-order valence-corrected chi connectivity index (χ1v) is 6.41. The van der Waals surface area contributed by atoms with Crippen molar-refractivity contribution < 1.29 is 5.11 Å². The van der Waals surface area contributed by atoms with Gasteiger partial charge in [0.25, 0.3) is 0 Å². The van der Waals surface area contributed by atoms with Gasteiger partial charge in [-0.2, -0.15) is 0 Å². The fraction of sp³-hybridized carbons (Fsp3) is 0.625. The summed E-state index contributed by atoms with van der Waals surface area (Å²) in [6, 6.07) is 0. The summed E-state index contributed by atoms with van der Waals surface area (Å²) >= 11 is 0. The molecule has 1 heteroatoms. The van der Waals surface area contributed by atoms with E-state index in [0.29, 0.717) is 0 Å². The molecule has 2 aliphatic carbocycles. The van der Waals surface area contributed by atoms with Crippen molar-refractivity contribution in [1.29, 1.82) is 0 Å². The van der Waals surface area contributed by atoms with Gasteiger partial charge in [-0.05, 0) is 27.2 Å². The standard InChI is InChI=1S/C16H24O/c1-11(2)13-8-9-15(6)12(3)7-10-16(15,17)14(13,4)5/h7-9,13,17H,1,10H2,2-6H3/t13-,15-,16+/m0/s1. The Labute approximate surface area is 105 Å². The zero-order valence-corrected chi connectivity index (χ0v) is 11.7. The van der Waals surface area contributed by atoms with Crippen molar-refractivity contribution in [3.63, 3.8) is 0 Å². The average Bonchev–Trinajstić information content (AvgIpc) is 2.43. The number of hydrogen-bond acceptors (Lipinski definition) is 1. The molecule has 0 radical (unpaired) electrons. The van der Waals surface area contributed by atoms with Crippen molar-refractivity contribution in [2.75, 3.05) is 0 Å². The summed E-state index contributed by atoms with van der Waals surface area (Å²) in [6.45, 7) is 14.7. The van der Waals surface area contributed by atoms with Crippen molar-refractivity contribution in [2.24, 2.45) is 16.7 Å². The lowest BCUT2D eigenvalue weighted by Gasteiger charge is -2.56. The molecule has 0 fully saturated rings. The normalized spacial score (nSPS) is 43.2. The molecule has 3 atom stereocenters. The van der Waals surface area contributed by atoms with Crippen LogP contribution in [-0.4, -0.2) is 10.7 Å². The molecule has 0 unspecified atom stereocenters. The van der Waals surface area contributed by atoms with E-state index in [0.717, 1.165) is 12.0 Å². The van der Waals surface area contributed by atoms with Crippen LogP contribution in [0.2, 0.25) is 0 Å². The van der Waals surface area contributed by atoms with Crippen LogP contribution < -0.4 is 0 Å². The van der Waals surface area contributed by atoms with Crippen LogP contribution in [0.4, 0.5) is 0 Å². The molecule has 0 saturated carbocycles. The van der Waals surface area contributed by atoms with Gasteiger partial charge >= 0.3 is 0 Å².